The maximum atomic E-state index is 13.9. The van der Waals surface area contributed by atoms with Crippen molar-refractivity contribution in [3.8, 4) is 0 Å². The molecule has 0 bridgehead atoms. The molecule has 1 atom stereocenters. The van der Waals surface area contributed by atoms with Gasteiger partial charge in [0.1, 0.15) is 6.04 Å². The molecule has 0 saturated heterocycles. The first-order valence-electron chi connectivity index (χ1n) is 12.2. The van der Waals surface area contributed by atoms with Crippen LogP contribution in [0.5, 0.6) is 0 Å². The van der Waals surface area contributed by atoms with E-state index in [4.69, 9.17) is 16.2 Å². The third kappa shape index (κ3) is 4.87. The van der Waals surface area contributed by atoms with Crippen LogP contribution in [0.2, 0.25) is 0 Å². The summed E-state index contributed by atoms with van der Waals surface area (Å²) in [4.78, 5) is 42.1. The van der Waals surface area contributed by atoms with Gasteiger partial charge in [0.05, 0.1) is 5.56 Å². The van der Waals surface area contributed by atoms with Crippen molar-refractivity contribution in [3.05, 3.63) is 98.5 Å². The standard InChI is InChI=1S/C28H26BrN5O4/c29-23-3-1-2-22-21(23)11-13-34(24(22)25(35)32-20-8-6-17(7-9-20)27(37)38)26(36)18-5-4-16-10-12-33(28(30)31)15-19(16)14-18/h1-9,14,24H,10-13,15H2,(H3,30,31)(H,32,35)(H,37,38). The molecule has 0 aromatic heterocycles. The molecule has 10 heteroatoms. The first kappa shape index (κ1) is 25.5. The van der Waals surface area contributed by atoms with Gasteiger partial charge in [-0.25, -0.2) is 4.79 Å². The van der Waals surface area contributed by atoms with Gasteiger partial charge in [-0.2, -0.15) is 0 Å². The molecule has 0 spiro atoms. The fraction of sp³-hybridized carbons (Fsp3) is 0.214. The Kier molecular flexibility index (Phi) is 6.90. The number of hydrogen-bond acceptors (Lipinski definition) is 4. The maximum absolute atomic E-state index is 13.9. The minimum Gasteiger partial charge on any atom is -0.478 e. The predicted molar refractivity (Wildman–Crippen MR) is 146 cm³/mol. The molecule has 194 valence electrons. The second-order valence-corrected chi connectivity index (χ2v) is 10.2. The van der Waals surface area contributed by atoms with E-state index in [9.17, 15) is 14.4 Å². The molecule has 2 heterocycles. The summed E-state index contributed by atoms with van der Waals surface area (Å²) in [6, 6.07) is 16.2. The minimum atomic E-state index is -1.05. The number of benzene rings is 3. The number of carbonyl (C=O) groups excluding carboxylic acids is 2. The van der Waals surface area contributed by atoms with Crippen LogP contribution in [0.25, 0.3) is 0 Å². The van der Waals surface area contributed by atoms with Crippen LogP contribution in [0.1, 0.15) is 49.0 Å². The average Bonchev–Trinajstić information content (AvgIpc) is 2.91. The summed E-state index contributed by atoms with van der Waals surface area (Å²) in [5.41, 5.74) is 10.5. The molecule has 2 aliphatic rings. The van der Waals surface area contributed by atoms with Gasteiger partial charge >= 0.3 is 5.97 Å². The Bertz CT molecular complexity index is 1460. The SMILES string of the molecule is N=C(N)N1CCc2ccc(C(=O)N3CCc4c(Br)cccc4C3C(=O)Nc3ccc(C(=O)O)cc3)cc2C1. The van der Waals surface area contributed by atoms with Crippen molar-refractivity contribution in [3.63, 3.8) is 0 Å². The summed E-state index contributed by atoms with van der Waals surface area (Å²) in [6.07, 6.45) is 1.32. The lowest BCUT2D eigenvalue weighted by molar-refractivity contribution is -0.121. The van der Waals surface area contributed by atoms with Crippen molar-refractivity contribution >= 4 is 45.4 Å². The number of carbonyl (C=O) groups is 3. The van der Waals surface area contributed by atoms with Gasteiger partial charge in [-0.1, -0.05) is 34.1 Å². The summed E-state index contributed by atoms with van der Waals surface area (Å²) < 4.78 is 0.879. The molecule has 0 radical (unpaired) electrons. The first-order chi connectivity index (χ1) is 18.2. The summed E-state index contributed by atoms with van der Waals surface area (Å²) in [5, 5.41) is 19.8. The van der Waals surface area contributed by atoms with Crippen molar-refractivity contribution in [2.45, 2.75) is 25.4 Å². The summed E-state index contributed by atoms with van der Waals surface area (Å²) in [6.45, 7) is 1.46. The summed E-state index contributed by atoms with van der Waals surface area (Å²) in [7, 11) is 0. The van der Waals surface area contributed by atoms with E-state index in [1.54, 1.807) is 15.9 Å². The van der Waals surface area contributed by atoms with Gasteiger partial charge in [-0.3, -0.25) is 15.0 Å². The molecular weight excluding hydrogens is 550 g/mol. The smallest absolute Gasteiger partial charge is 0.335 e. The lowest BCUT2D eigenvalue weighted by atomic mass is 9.90. The number of nitrogens with one attached hydrogen (secondary N) is 2. The Balaban J connectivity index is 1.47. The van der Waals surface area contributed by atoms with E-state index < -0.39 is 12.0 Å². The second-order valence-electron chi connectivity index (χ2n) is 9.37. The molecule has 0 saturated carbocycles. The van der Waals surface area contributed by atoms with E-state index in [2.05, 4.69) is 21.2 Å². The lowest BCUT2D eigenvalue weighted by Crippen LogP contribution is -2.45. The highest BCUT2D eigenvalue weighted by Gasteiger charge is 2.37. The maximum Gasteiger partial charge on any atom is 0.335 e. The molecular formula is C28H26BrN5O4. The number of guanidine groups is 1. The third-order valence-corrected chi connectivity index (χ3v) is 7.82. The number of hydrogen-bond donors (Lipinski definition) is 4. The van der Waals surface area contributed by atoms with Gasteiger partial charge in [-0.15, -0.1) is 0 Å². The van der Waals surface area contributed by atoms with Crippen molar-refractivity contribution in [2.75, 3.05) is 18.4 Å². The molecule has 3 aromatic carbocycles. The zero-order chi connectivity index (χ0) is 27.0. The van der Waals surface area contributed by atoms with E-state index >= 15 is 0 Å². The molecule has 3 aromatic rings. The number of fused-ring (bicyclic) bond motifs is 2. The normalized spacial score (nSPS) is 16.3. The van der Waals surface area contributed by atoms with Crippen LogP contribution < -0.4 is 11.1 Å². The fourth-order valence-corrected chi connectivity index (χ4v) is 5.67. The zero-order valence-electron chi connectivity index (χ0n) is 20.4. The lowest BCUT2D eigenvalue weighted by Gasteiger charge is -2.37. The van der Waals surface area contributed by atoms with Gasteiger partial charge < -0.3 is 26.0 Å². The molecule has 0 fully saturated rings. The third-order valence-electron chi connectivity index (χ3n) is 7.08. The highest BCUT2D eigenvalue weighted by Crippen LogP contribution is 2.36. The van der Waals surface area contributed by atoms with Gasteiger partial charge in [0.25, 0.3) is 11.8 Å². The number of aromatic carboxylic acids is 1. The Morgan fingerprint density at radius 2 is 1.71 bits per heavy atom. The topological polar surface area (TPSA) is 140 Å². The van der Waals surface area contributed by atoms with Crippen LogP contribution >= 0.6 is 15.9 Å². The molecule has 0 aliphatic carbocycles. The van der Waals surface area contributed by atoms with Gasteiger partial charge in [-0.05, 0) is 77.6 Å². The van der Waals surface area contributed by atoms with E-state index in [-0.39, 0.29) is 23.3 Å². The first-order valence-corrected chi connectivity index (χ1v) is 13.0. The highest BCUT2D eigenvalue weighted by atomic mass is 79.9. The van der Waals surface area contributed by atoms with Crippen LogP contribution in [0.4, 0.5) is 5.69 Å². The Hall–Kier alpha value is -4.18. The van der Waals surface area contributed by atoms with Crippen molar-refractivity contribution in [1.29, 1.82) is 5.41 Å². The fourth-order valence-electron chi connectivity index (χ4n) is 5.09. The quantitative estimate of drug-likeness (QED) is 0.276. The molecule has 5 N–H and O–H groups in total. The van der Waals surface area contributed by atoms with E-state index in [0.717, 1.165) is 33.1 Å². The van der Waals surface area contributed by atoms with Crippen LogP contribution in [0, 0.1) is 5.41 Å². The van der Waals surface area contributed by atoms with Crippen LogP contribution in [-0.4, -0.2) is 51.7 Å². The minimum absolute atomic E-state index is 0.00119. The molecule has 1 unspecified atom stereocenters. The number of nitrogens with two attached hydrogens (primary N) is 1. The molecule has 2 aliphatic heterocycles. The number of anilines is 1. The Morgan fingerprint density at radius 1 is 0.974 bits per heavy atom. The van der Waals surface area contributed by atoms with Gasteiger partial charge in [0.15, 0.2) is 5.96 Å². The zero-order valence-corrected chi connectivity index (χ0v) is 22.0. The van der Waals surface area contributed by atoms with Crippen LogP contribution in [0.3, 0.4) is 0 Å². The van der Waals surface area contributed by atoms with E-state index in [1.165, 1.54) is 24.3 Å². The number of carboxylic acid groups (broad SMARTS) is 1. The van der Waals surface area contributed by atoms with E-state index in [1.807, 2.05) is 30.3 Å². The predicted octanol–water partition coefficient (Wildman–Crippen LogP) is 3.78. The Morgan fingerprint density at radius 3 is 2.42 bits per heavy atom. The number of rotatable bonds is 4. The molecule has 9 nitrogen and oxygen atoms in total. The number of halogens is 1. The summed E-state index contributed by atoms with van der Waals surface area (Å²) in [5.74, 6) is -1.71. The van der Waals surface area contributed by atoms with Crippen LogP contribution in [0.15, 0.2) is 65.1 Å². The molecule has 2 amide bonds. The summed E-state index contributed by atoms with van der Waals surface area (Å²) >= 11 is 3.58. The molecule has 5 rings (SSSR count). The number of amides is 2. The van der Waals surface area contributed by atoms with Gasteiger partial charge in [0.2, 0.25) is 0 Å². The Labute approximate surface area is 227 Å². The van der Waals surface area contributed by atoms with Crippen molar-refractivity contribution in [1.82, 2.24) is 9.80 Å². The average molecular weight is 576 g/mol. The van der Waals surface area contributed by atoms with Crippen LogP contribution in [-0.2, 0) is 24.2 Å². The largest absolute Gasteiger partial charge is 0.478 e. The van der Waals surface area contributed by atoms with Crippen molar-refractivity contribution < 1.29 is 19.5 Å². The van der Waals surface area contributed by atoms with Gasteiger partial charge in [0, 0.05) is 35.4 Å². The highest BCUT2D eigenvalue weighted by molar-refractivity contribution is 9.10. The number of carboxylic acids is 1. The van der Waals surface area contributed by atoms with Crippen molar-refractivity contribution in [2.24, 2.45) is 5.73 Å². The number of nitrogens with zero attached hydrogens (tertiary/aromatic N) is 2. The molecule has 38 heavy (non-hydrogen) atoms. The monoisotopic (exact) mass is 575 g/mol. The van der Waals surface area contributed by atoms with E-state index in [0.29, 0.717) is 37.3 Å². The second kappa shape index (κ2) is 10.3.